The average molecular weight is 789 g/mol. The Hall–Kier alpha value is -3.75. The number of fused-ring (bicyclic) bond motifs is 4. The van der Waals surface area contributed by atoms with E-state index in [1.165, 1.54) is 82.0 Å². The highest BCUT2D eigenvalue weighted by Crippen LogP contribution is 2.30. The van der Waals surface area contributed by atoms with Gasteiger partial charge < -0.3 is 52.1 Å². The Morgan fingerprint density at radius 3 is 2.12 bits per heavy atom. The predicted molar refractivity (Wildman–Crippen MR) is 182 cm³/mol. The van der Waals surface area contributed by atoms with E-state index in [0.29, 0.717) is 35.1 Å². The van der Waals surface area contributed by atoms with Crippen LogP contribution >= 0.6 is 0 Å². The van der Waals surface area contributed by atoms with Crippen molar-refractivity contribution < 1.29 is 56.2 Å². The second-order valence-corrected chi connectivity index (χ2v) is 12.7. The zero-order valence-corrected chi connectivity index (χ0v) is 30.4. The van der Waals surface area contributed by atoms with Gasteiger partial charge in [-0.05, 0) is 50.5 Å². The van der Waals surface area contributed by atoms with Gasteiger partial charge in [0, 0.05) is 73.8 Å². The van der Waals surface area contributed by atoms with Crippen LogP contribution in [0.1, 0.15) is 36.5 Å². The highest BCUT2D eigenvalue weighted by molar-refractivity contribution is 6.07. The van der Waals surface area contributed by atoms with Gasteiger partial charge in [-0.3, -0.25) is 14.5 Å². The number of hydrogen-bond acceptors (Lipinski definition) is 6. The standard InChI is InChI=1S/C37H43F2N4O5.HI/c1-4-41(28-19-26(38)18-27(39)20-28)37(45)34-25-42(29-21-31(46-2)23-32(22-29)47-3)35-24-30(8-9-33(35)36(34)44)48-17-7-5-6-13-43-14-10-40(11-15-43)12-16-43;/h8-9,18-25H,4-7,10-17H2,1-3H3;1H/q+1;/p-1. The van der Waals surface area contributed by atoms with Crippen molar-refractivity contribution in [3.63, 3.8) is 0 Å². The highest BCUT2D eigenvalue weighted by atomic mass is 127. The van der Waals surface area contributed by atoms with Crippen LogP contribution in [-0.2, 0) is 0 Å². The van der Waals surface area contributed by atoms with E-state index in [0.717, 1.165) is 31.0 Å². The summed E-state index contributed by atoms with van der Waals surface area (Å²) in [4.78, 5) is 31.6. The Balaban J connectivity index is 0.00000468. The van der Waals surface area contributed by atoms with E-state index in [-0.39, 0.29) is 47.2 Å². The topological polar surface area (TPSA) is 73.2 Å². The number of aromatic nitrogens is 1. The van der Waals surface area contributed by atoms with E-state index in [1.807, 2.05) is 0 Å². The first-order chi connectivity index (χ1) is 23.2. The Morgan fingerprint density at radius 2 is 1.51 bits per heavy atom. The first-order valence-corrected chi connectivity index (χ1v) is 16.6. The molecule has 1 amide bonds. The largest absolute Gasteiger partial charge is 1.00 e. The van der Waals surface area contributed by atoms with E-state index >= 15 is 0 Å². The Bertz CT molecular complexity index is 1800. The van der Waals surface area contributed by atoms with Gasteiger partial charge in [0.15, 0.2) is 0 Å². The van der Waals surface area contributed by atoms with Gasteiger partial charge in [-0.2, -0.15) is 0 Å². The van der Waals surface area contributed by atoms with Crippen LogP contribution in [0.3, 0.4) is 0 Å². The molecule has 0 unspecified atom stereocenters. The van der Waals surface area contributed by atoms with E-state index < -0.39 is 23.0 Å². The molecule has 0 saturated carbocycles. The first kappa shape index (κ1) is 36.5. The number of benzene rings is 3. The fourth-order valence-corrected chi connectivity index (χ4v) is 6.96. The third-order valence-electron chi connectivity index (χ3n) is 9.76. The number of ether oxygens (including phenoxy) is 3. The van der Waals surface area contributed by atoms with Gasteiger partial charge in [0.2, 0.25) is 5.43 Å². The minimum absolute atomic E-state index is 0. The van der Waals surface area contributed by atoms with Crippen LogP contribution < -0.4 is 48.5 Å². The molecule has 0 N–H and O–H groups in total. The molecular formula is C37H43F2IN4O5. The molecule has 4 heterocycles. The van der Waals surface area contributed by atoms with Crippen LogP contribution in [0.25, 0.3) is 16.6 Å². The molecule has 7 rings (SSSR count). The van der Waals surface area contributed by atoms with Gasteiger partial charge in [0.05, 0.1) is 58.2 Å². The van der Waals surface area contributed by atoms with Crippen LogP contribution in [0, 0.1) is 11.6 Å². The maximum absolute atomic E-state index is 14.1. The molecule has 262 valence electrons. The second kappa shape index (κ2) is 15.9. The number of nitrogens with zero attached hydrogens (tertiary/aromatic N) is 4. The third-order valence-corrected chi connectivity index (χ3v) is 9.76. The van der Waals surface area contributed by atoms with Gasteiger partial charge in [-0.25, -0.2) is 8.78 Å². The van der Waals surface area contributed by atoms with Crippen molar-refractivity contribution in [3.8, 4) is 22.9 Å². The zero-order valence-electron chi connectivity index (χ0n) is 28.2. The van der Waals surface area contributed by atoms with Gasteiger partial charge in [-0.1, -0.05) is 0 Å². The molecule has 3 fully saturated rings. The summed E-state index contributed by atoms with van der Waals surface area (Å²) in [6.07, 6.45) is 4.63. The number of anilines is 1. The Kier molecular flexibility index (Phi) is 11.8. The summed E-state index contributed by atoms with van der Waals surface area (Å²) in [5.74, 6) is -0.704. The number of rotatable bonds is 13. The molecule has 0 atom stereocenters. The molecule has 12 heteroatoms. The van der Waals surface area contributed by atoms with Gasteiger partial charge in [0.1, 0.15) is 34.4 Å². The molecule has 9 nitrogen and oxygen atoms in total. The van der Waals surface area contributed by atoms with Crippen LogP contribution in [-0.4, -0.2) is 93.0 Å². The minimum Gasteiger partial charge on any atom is -1.00 e. The summed E-state index contributed by atoms with van der Waals surface area (Å²) in [5.41, 5.74) is 0.443. The lowest BCUT2D eigenvalue weighted by Gasteiger charge is -2.50. The van der Waals surface area contributed by atoms with Crippen LogP contribution in [0.15, 0.2) is 65.6 Å². The van der Waals surface area contributed by atoms with Crippen molar-refractivity contribution in [1.82, 2.24) is 9.47 Å². The number of pyridine rings is 1. The SMILES string of the molecule is CCN(C(=O)c1cn(-c2cc(OC)cc(OC)c2)c2cc(OCCCCC[N+]34CCN(CC3)CC4)ccc2c1=O)c1cc(F)cc(F)c1.[I-]. The summed E-state index contributed by atoms with van der Waals surface area (Å²) in [6, 6.07) is 13.3. The summed E-state index contributed by atoms with van der Waals surface area (Å²) in [5, 5.41) is 0.284. The van der Waals surface area contributed by atoms with Crippen LogP contribution in [0.5, 0.6) is 17.2 Å². The van der Waals surface area contributed by atoms with Crippen molar-refractivity contribution in [1.29, 1.82) is 0 Å². The van der Waals surface area contributed by atoms with E-state index in [4.69, 9.17) is 14.2 Å². The van der Waals surface area contributed by atoms with Gasteiger partial charge >= 0.3 is 0 Å². The quantitative estimate of drug-likeness (QED) is 0.118. The minimum atomic E-state index is -0.823. The average Bonchev–Trinajstić information content (AvgIpc) is 3.10. The molecule has 3 aliphatic rings. The fourth-order valence-electron chi connectivity index (χ4n) is 6.96. The molecule has 1 aromatic heterocycles. The predicted octanol–water partition coefficient (Wildman–Crippen LogP) is 2.65. The molecule has 4 aromatic rings. The van der Waals surface area contributed by atoms with Crippen molar-refractivity contribution in [2.75, 3.05) is 78.1 Å². The maximum Gasteiger partial charge on any atom is 0.263 e. The maximum atomic E-state index is 14.1. The van der Waals surface area contributed by atoms with Crippen LogP contribution in [0.4, 0.5) is 14.5 Å². The van der Waals surface area contributed by atoms with E-state index in [2.05, 4.69) is 4.90 Å². The van der Waals surface area contributed by atoms with Gasteiger partial charge in [0.25, 0.3) is 5.91 Å². The zero-order chi connectivity index (χ0) is 33.8. The third kappa shape index (κ3) is 8.02. The number of hydrogen-bond donors (Lipinski definition) is 0. The molecule has 49 heavy (non-hydrogen) atoms. The van der Waals surface area contributed by atoms with Gasteiger partial charge in [-0.15, -0.1) is 0 Å². The summed E-state index contributed by atoms with van der Waals surface area (Å²) < 4.78 is 48.4. The molecule has 3 saturated heterocycles. The number of quaternary nitrogens is 1. The number of carbonyl (C=O) groups is 1. The van der Waals surface area contributed by atoms with Crippen molar-refractivity contribution >= 4 is 22.5 Å². The molecule has 0 spiro atoms. The van der Waals surface area contributed by atoms with Crippen molar-refractivity contribution in [3.05, 3.63) is 88.2 Å². The monoisotopic (exact) mass is 788 g/mol. The normalized spacial score (nSPS) is 18.2. The molecule has 2 bridgehead atoms. The van der Waals surface area contributed by atoms with Crippen LogP contribution in [0.2, 0.25) is 0 Å². The second-order valence-electron chi connectivity index (χ2n) is 12.7. The van der Waals surface area contributed by atoms with E-state index in [9.17, 15) is 18.4 Å². The number of methoxy groups -OCH3 is 2. The summed E-state index contributed by atoms with van der Waals surface area (Å²) in [6.45, 7) is 11.0. The first-order valence-electron chi connectivity index (χ1n) is 16.6. The lowest BCUT2D eigenvalue weighted by atomic mass is 10.1. The molecule has 0 radical (unpaired) electrons. The van der Waals surface area contributed by atoms with E-state index in [1.54, 1.807) is 47.9 Å². The van der Waals surface area contributed by atoms with Crippen molar-refractivity contribution in [2.45, 2.75) is 26.2 Å². The number of halogens is 3. The molecule has 3 aromatic carbocycles. The fraction of sp³-hybridized carbons (Fsp3) is 0.405. The number of piperazine rings is 3. The molecule has 0 aliphatic carbocycles. The lowest BCUT2D eigenvalue weighted by molar-refractivity contribution is -0.941. The number of unbranched alkanes of at least 4 members (excludes halogenated alkanes) is 2. The summed E-state index contributed by atoms with van der Waals surface area (Å²) >= 11 is 0. The lowest BCUT2D eigenvalue weighted by Crippen LogP contribution is -3.00. The van der Waals surface area contributed by atoms with Crippen molar-refractivity contribution in [2.24, 2.45) is 0 Å². The summed E-state index contributed by atoms with van der Waals surface area (Å²) in [7, 11) is 3.08. The Labute approximate surface area is 302 Å². The highest BCUT2D eigenvalue weighted by Gasteiger charge is 2.37. The number of amides is 1. The smallest absolute Gasteiger partial charge is 0.263 e. The molecule has 3 aliphatic heterocycles. The Morgan fingerprint density at radius 1 is 0.857 bits per heavy atom. The number of carbonyl (C=O) groups excluding carboxylic acids is 1. The molecular weight excluding hydrogens is 745 g/mol.